The molecule has 0 heterocycles. The Bertz CT molecular complexity index is 703. The maximum Gasteiger partial charge on any atom is 0.305 e. The molecule has 2 atom stereocenters. The molecule has 0 aromatic heterocycles. The van der Waals surface area contributed by atoms with Crippen LogP contribution < -0.4 is 5.32 Å². The van der Waals surface area contributed by atoms with Gasteiger partial charge in [0.1, 0.15) is 5.82 Å². The van der Waals surface area contributed by atoms with Crippen LogP contribution in [0.3, 0.4) is 0 Å². The smallest absolute Gasteiger partial charge is 0.305 e. The highest BCUT2D eigenvalue weighted by Crippen LogP contribution is 2.19. The largest absolute Gasteiger partial charge is 0.481 e. The number of amides is 1. The highest BCUT2D eigenvalue weighted by Gasteiger charge is 2.22. The summed E-state index contributed by atoms with van der Waals surface area (Å²) in [6.07, 6.45) is 0.0509. The van der Waals surface area contributed by atoms with E-state index in [9.17, 15) is 14.0 Å². The molecule has 24 heavy (non-hydrogen) atoms. The van der Waals surface area contributed by atoms with Crippen molar-refractivity contribution >= 4 is 11.9 Å². The molecular weight excluding hydrogens is 309 g/mol. The van der Waals surface area contributed by atoms with Gasteiger partial charge in [0, 0.05) is 5.92 Å². The van der Waals surface area contributed by atoms with Crippen LogP contribution in [0, 0.1) is 11.7 Å². The molecule has 1 amide bonds. The zero-order valence-corrected chi connectivity index (χ0v) is 13.4. The lowest BCUT2D eigenvalue weighted by Gasteiger charge is -2.20. The minimum absolute atomic E-state index is 0.206. The number of benzene rings is 2. The van der Waals surface area contributed by atoms with Gasteiger partial charge in [-0.1, -0.05) is 55.5 Å². The number of halogens is 1. The van der Waals surface area contributed by atoms with Crippen molar-refractivity contribution in [3.05, 3.63) is 71.5 Å². The van der Waals surface area contributed by atoms with Crippen molar-refractivity contribution in [3.8, 4) is 0 Å². The van der Waals surface area contributed by atoms with E-state index < -0.39 is 17.9 Å². The maximum absolute atomic E-state index is 13.7. The van der Waals surface area contributed by atoms with Crippen LogP contribution in [-0.2, 0) is 16.0 Å². The Balaban J connectivity index is 2.06. The van der Waals surface area contributed by atoms with Gasteiger partial charge in [-0.25, -0.2) is 4.39 Å². The average molecular weight is 329 g/mol. The molecule has 0 saturated heterocycles. The van der Waals surface area contributed by atoms with Gasteiger partial charge in [0.2, 0.25) is 5.91 Å². The molecule has 4 nitrogen and oxygen atoms in total. The van der Waals surface area contributed by atoms with Gasteiger partial charge in [0.05, 0.1) is 12.5 Å². The average Bonchev–Trinajstić information content (AvgIpc) is 2.56. The maximum atomic E-state index is 13.7. The number of carbonyl (C=O) groups is 2. The molecule has 2 aromatic rings. The van der Waals surface area contributed by atoms with Crippen molar-refractivity contribution < 1.29 is 19.1 Å². The number of carboxylic acids is 1. The third-order valence-electron chi connectivity index (χ3n) is 3.83. The van der Waals surface area contributed by atoms with E-state index in [2.05, 4.69) is 5.32 Å². The molecule has 0 aliphatic heterocycles. The lowest BCUT2D eigenvalue weighted by molar-refractivity contribution is -0.137. The number of rotatable bonds is 7. The van der Waals surface area contributed by atoms with Crippen LogP contribution in [-0.4, -0.2) is 17.0 Å². The van der Waals surface area contributed by atoms with Gasteiger partial charge in [-0.3, -0.25) is 9.59 Å². The van der Waals surface area contributed by atoms with Gasteiger partial charge in [0.25, 0.3) is 0 Å². The summed E-state index contributed by atoms with van der Waals surface area (Å²) >= 11 is 0. The van der Waals surface area contributed by atoms with E-state index in [1.807, 2.05) is 6.07 Å². The van der Waals surface area contributed by atoms with Gasteiger partial charge in [-0.05, 0) is 23.6 Å². The summed E-state index contributed by atoms with van der Waals surface area (Å²) in [4.78, 5) is 23.5. The van der Waals surface area contributed by atoms with Crippen LogP contribution in [0.25, 0.3) is 0 Å². The predicted molar refractivity (Wildman–Crippen MR) is 88.8 cm³/mol. The first-order chi connectivity index (χ1) is 11.5. The van der Waals surface area contributed by atoms with Crippen LogP contribution in [0.1, 0.15) is 30.5 Å². The van der Waals surface area contributed by atoms with Crippen molar-refractivity contribution in [2.24, 2.45) is 5.92 Å². The molecule has 0 radical (unpaired) electrons. The second kappa shape index (κ2) is 8.24. The Morgan fingerprint density at radius 3 is 2.33 bits per heavy atom. The molecular formula is C19H20FNO3. The molecule has 126 valence electrons. The zero-order chi connectivity index (χ0) is 17.5. The van der Waals surface area contributed by atoms with Gasteiger partial charge >= 0.3 is 5.97 Å². The third-order valence-corrected chi connectivity index (χ3v) is 3.83. The quantitative estimate of drug-likeness (QED) is 0.819. The number of hydrogen-bond donors (Lipinski definition) is 2. The number of carboxylic acid groups (broad SMARTS) is 1. The van der Waals surface area contributed by atoms with Crippen LogP contribution in [0.4, 0.5) is 4.39 Å². The van der Waals surface area contributed by atoms with Crippen molar-refractivity contribution in [3.63, 3.8) is 0 Å². The van der Waals surface area contributed by atoms with E-state index in [0.29, 0.717) is 5.56 Å². The Labute approximate surface area is 140 Å². The molecule has 5 heteroatoms. The molecule has 0 saturated carbocycles. The number of hydrogen-bond acceptors (Lipinski definition) is 2. The van der Waals surface area contributed by atoms with Crippen LogP contribution in [0.15, 0.2) is 54.6 Å². The van der Waals surface area contributed by atoms with E-state index in [-0.39, 0.29) is 24.6 Å². The Kier molecular flexibility index (Phi) is 6.07. The van der Waals surface area contributed by atoms with Crippen molar-refractivity contribution in [1.29, 1.82) is 0 Å². The fourth-order valence-corrected chi connectivity index (χ4v) is 2.51. The zero-order valence-electron chi connectivity index (χ0n) is 13.4. The number of carbonyl (C=O) groups excluding carboxylic acids is 1. The second-order valence-corrected chi connectivity index (χ2v) is 5.77. The van der Waals surface area contributed by atoms with Gasteiger partial charge < -0.3 is 10.4 Å². The molecule has 2 unspecified atom stereocenters. The second-order valence-electron chi connectivity index (χ2n) is 5.77. The summed E-state index contributed by atoms with van der Waals surface area (Å²) in [6, 6.07) is 14.7. The minimum atomic E-state index is -0.995. The van der Waals surface area contributed by atoms with E-state index in [4.69, 9.17) is 5.11 Å². The SMILES string of the molecule is CC(Cc1ccccc1F)C(=O)NC(CC(=O)O)c1ccccc1. The first-order valence-electron chi connectivity index (χ1n) is 7.78. The fourth-order valence-electron chi connectivity index (χ4n) is 2.51. The predicted octanol–water partition coefficient (Wildman–Crippen LogP) is 3.34. The number of aliphatic carboxylic acids is 1. The summed E-state index contributed by atoms with van der Waals surface area (Å²) in [7, 11) is 0. The van der Waals surface area contributed by atoms with Crippen LogP contribution >= 0.6 is 0 Å². The minimum Gasteiger partial charge on any atom is -0.481 e. The summed E-state index contributed by atoms with van der Waals surface area (Å²) in [5, 5.41) is 11.8. The lowest BCUT2D eigenvalue weighted by atomic mass is 9.98. The highest BCUT2D eigenvalue weighted by atomic mass is 19.1. The first kappa shape index (κ1) is 17.7. The Hall–Kier alpha value is -2.69. The van der Waals surface area contributed by atoms with Crippen molar-refractivity contribution in [2.75, 3.05) is 0 Å². The van der Waals surface area contributed by atoms with Gasteiger partial charge in [-0.15, -0.1) is 0 Å². The molecule has 0 spiro atoms. The van der Waals surface area contributed by atoms with Crippen LogP contribution in [0.5, 0.6) is 0 Å². The van der Waals surface area contributed by atoms with Crippen molar-refractivity contribution in [2.45, 2.75) is 25.8 Å². The summed E-state index contributed by atoms with van der Waals surface area (Å²) in [6.45, 7) is 1.70. The normalized spacial score (nSPS) is 13.1. The molecule has 0 aliphatic carbocycles. The van der Waals surface area contributed by atoms with E-state index >= 15 is 0 Å². The monoisotopic (exact) mass is 329 g/mol. The third kappa shape index (κ3) is 4.91. The number of nitrogens with one attached hydrogen (secondary N) is 1. The topological polar surface area (TPSA) is 66.4 Å². The van der Waals surface area contributed by atoms with Gasteiger partial charge in [-0.2, -0.15) is 0 Å². The standard InChI is InChI=1S/C19H20FNO3/c1-13(11-15-9-5-6-10-16(15)20)19(24)21-17(12-18(22)23)14-7-3-2-4-8-14/h2-10,13,17H,11-12H2,1H3,(H,21,24)(H,22,23). The molecule has 0 bridgehead atoms. The highest BCUT2D eigenvalue weighted by molar-refractivity contribution is 5.80. The van der Waals surface area contributed by atoms with E-state index in [1.54, 1.807) is 49.4 Å². The summed E-state index contributed by atoms with van der Waals surface area (Å²) in [5.74, 6) is -2.11. The summed E-state index contributed by atoms with van der Waals surface area (Å²) < 4.78 is 13.7. The Morgan fingerprint density at radius 1 is 1.08 bits per heavy atom. The Morgan fingerprint density at radius 2 is 1.71 bits per heavy atom. The first-order valence-corrected chi connectivity index (χ1v) is 7.78. The lowest BCUT2D eigenvalue weighted by Crippen LogP contribution is -2.35. The van der Waals surface area contributed by atoms with Gasteiger partial charge in [0.15, 0.2) is 0 Å². The summed E-state index contributed by atoms with van der Waals surface area (Å²) in [5.41, 5.74) is 1.20. The molecule has 2 N–H and O–H groups in total. The fraction of sp³-hybridized carbons (Fsp3) is 0.263. The molecule has 2 rings (SSSR count). The van der Waals surface area contributed by atoms with Crippen molar-refractivity contribution in [1.82, 2.24) is 5.32 Å². The van der Waals surface area contributed by atoms with E-state index in [0.717, 1.165) is 5.56 Å². The molecule has 0 aliphatic rings. The molecule has 2 aromatic carbocycles. The molecule has 0 fully saturated rings. The van der Waals surface area contributed by atoms with E-state index in [1.165, 1.54) is 6.07 Å². The van der Waals surface area contributed by atoms with Crippen LogP contribution in [0.2, 0.25) is 0 Å².